The number of aromatic nitrogens is 1. The Hall–Kier alpha value is -1.74. The van der Waals surface area contributed by atoms with Gasteiger partial charge in [-0.15, -0.1) is 0 Å². The summed E-state index contributed by atoms with van der Waals surface area (Å²) in [7, 11) is 0. The molecule has 1 heterocycles. The summed E-state index contributed by atoms with van der Waals surface area (Å²) in [6.45, 7) is 0. The molecular formula is C14H15FN2. The molecule has 17 heavy (non-hydrogen) atoms. The molecule has 0 spiro atoms. The highest BCUT2D eigenvalue weighted by Gasteiger charge is 2.08. The van der Waals surface area contributed by atoms with Gasteiger partial charge in [-0.05, 0) is 36.1 Å². The van der Waals surface area contributed by atoms with Crippen molar-refractivity contribution in [1.82, 2.24) is 4.98 Å². The Labute approximate surface area is 100 Å². The summed E-state index contributed by atoms with van der Waals surface area (Å²) in [5.41, 5.74) is 7.76. The first-order chi connectivity index (χ1) is 8.25. The lowest BCUT2D eigenvalue weighted by molar-refractivity contribution is 0.583. The molecule has 0 radical (unpaired) electrons. The van der Waals surface area contributed by atoms with Gasteiger partial charge in [-0.1, -0.05) is 24.3 Å². The fourth-order valence-corrected chi connectivity index (χ4v) is 1.84. The summed E-state index contributed by atoms with van der Waals surface area (Å²) < 4.78 is 13.4. The zero-order valence-electron chi connectivity index (χ0n) is 9.51. The van der Waals surface area contributed by atoms with Crippen LogP contribution in [0, 0.1) is 5.82 Å². The van der Waals surface area contributed by atoms with E-state index in [1.54, 1.807) is 24.5 Å². The minimum Gasteiger partial charge on any atom is -0.327 e. The van der Waals surface area contributed by atoms with E-state index >= 15 is 0 Å². The normalized spacial score (nSPS) is 12.4. The summed E-state index contributed by atoms with van der Waals surface area (Å²) in [4.78, 5) is 4.03. The Morgan fingerprint density at radius 2 is 1.94 bits per heavy atom. The van der Waals surface area contributed by atoms with Crippen LogP contribution in [0.25, 0.3) is 0 Å². The largest absolute Gasteiger partial charge is 0.327 e. The Morgan fingerprint density at radius 3 is 2.65 bits per heavy atom. The van der Waals surface area contributed by atoms with Gasteiger partial charge in [-0.2, -0.15) is 0 Å². The van der Waals surface area contributed by atoms with Crippen LogP contribution >= 0.6 is 0 Å². The van der Waals surface area contributed by atoms with E-state index in [1.165, 1.54) is 6.07 Å². The lowest BCUT2D eigenvalue weighted by atomic mass is 10.0. The summed E-state index contributed by atoms with van der Waals surface area (Å²) in [5, 5.41) is 0. The van der Waals surface area contributed by atoms with Crippen LogP contribution in [0.3, 0.4) is 0 Å². The maximum Gasteiger partial charge on any atom is 0.126 e. The number of hydrogen-bond donors (Lipinski definition) is 1. The van der Waals surface area contributed by atoms with Crippen LogP contribution in [0.5, 0.6) is 0 Å². The third-order valence-electron chi connectivity index (χ3n) is 2.66. The molecule has 0 saturated carbocycles. The molecule has 2 rings (SSSR count). The number of rotatable bonds is 4. The van der Waals surface area contributed by atoms with Crippen LogP contribution < -0.4 is 5.73 Å². The van der Waals surface area contributed by atoms with E-state index in [-0.39, 0.29) is 11.9 Å². The average Bonchev–Trinajstić information content (AvgIpc) is 2.33. The van der Waals surface area contributed by atoms with E-state index in [2.05, 4.69) is 4.98 Å². The molecule has 0 saturated heterocycles. The zero-order chi connectivity index (χ0) is 12.1. The number of pyridine rings is 1. The second kappa shape index (κ2) is 5.55. The fraction of sp³-hybridized carbons (Fsp3) is 0.214. The molecule has 0 fully saturated rings. The van der Waals surface area contributed by atoms with Gasteiger partial charge in [0.25, 0.3) is 0 Å². The summed E-state index contributed by atoms with van der Waals surface area (Å²) in [6.07, 6.45) is 4.77. The fourth-order valence-electron chi connectivity index (χ4n) is 1.84. The molecule has 0 bridgehead atoms. The predicted octanol–water partition coefficient (Wildman–Crippen LogP) is 2.33. The third kappa shape index (κ3) is 3.36. The molecule has 1 unspecified atom stereocenters. The highest BCUT2D eigenvalue weighted by molar-refractivity contribution is 5.19. The van der Waals surface area contributed by atoms with Gasteiger partial charge in [0, 0.05) is 18.4 Å². The van der Waals surface area contributed by atoms with Gasteiger partial charge in [0.1, 0.15) is 5.82 Å². The number of halogens is 1. The van der Waals surface area contributed by atoms with Crippen LogP contribution in [0.15, 0.2) is 48.8 Å². The Balaban J connectivity index is 1.98. The standard InChI is InChI=1S/C14H15FN2/c15-14-6-2-1-5-12(14)9-13(16)8-11-4-3-7-17-10-11/h1-7,10,13H,8-9,16H2. The van der Waals surface area contributed by atoms with E-state index in [0.29, 0.717) is 18.4 Å². The zero-order valence-corrected chi connectivity index (χ0v) is 9.51. The number of benzene rings is 1. The molecule has 1 aromatic carbocycles. The lowest BCUT2D eigenvalue weighted by Gasteiger charge is -2.11. The molecule has 0 aliphatic rings. The van der Waals surface area contributed by atoms with Crippen molar-refractivity contribution in [2.24, 2.45) is 5.73 Å². The van der Waals surface area contributed by atoms with E-state index in [9.17, 15) is 4.39 Å². The summed E-state index contributed by atoms with van der Waals surface area (Å²) in [6, 6.07) is 10.5. The monoisotopic (exact) mass is 230 g/mol. The van der Waals surface area contributed by atoms with Crippen molar-refractivity contribution in [3.05, 3.63) is 65.7 Å². The first-order valence-corrected chi connectivity index (χ1v) is 5.63. The first kappa shape index (κ1) is 11.7. The van der Waals surface area contributed by atoms with Crippen LogP contribution in [-0.4, -0.2) is 11.0 Å². The molecular weight excluding hydrogens is 215 g/mol. The molecule has 2 N–H and O–H groups in total. The first-order valence-electron chi connectivity index (χ1n) is 5.63. The van der Waals surface area contributed by atoms with Crippen LogP contribution in [0.2, 0.25) is 0 Å². The van der Waals surface area contributed by atoms with Crippen molar-refractivity contribution in [1.29, 1.82) is 0 Å². The van der Waals surface area contributed by atoms with Crippen molar-refractivity contribution >= 4 is 0 Å². The maximum atomic E-state index is 13.4. The lowest BCUT2D eigenvalue weighted by Crippen LogP contribution is -2.26. The molecule has 0 aliphatic heterocycles. The number of nitrogens with two attached hydrogens (primary N) is 1. The van der Waals surface area contributed by atoms with Crippen molar-refractivity contribution in [3.8, 4) is 0 Å². The van der Waals surface area contributed by atoms with Crippen molar-refractivity contribution in [2.75, 3.05) is 0 Å². The molecule has 3 heteroatoms. The molecule has 0 aliphatic carbocycles. The van der Waals surface area contributed by atoms with Gasteiger partial charge in [-0.25, -0.2) is 4.39 Å². The quantitative estimate of drug-likeness (QED) is 0.875. The highest BCUT2D eigenvalue weighted by atomic mass is 19.1. The molecule has 2 nitrogen and oxygen atoms in total. The Bertz CT molecular complexity index is 471. The number of nitrogens with zero attached hydrogens (tertiary/aromatic N) is 1. The topological polar surface area (TPSA) is 38.9 Å². The number of hydrogen-bond acceptors (Lipinski definition) is 2. The summed E-state index contributed by atoms with van der Waals surface area (Å²) >= 11 is 0. The van der Waals surface area contributed by atoms with Gasteiger partial charge < -0.3 is 5.73 Å². The molecule has 1 atom stereocenters. The van der Waals surface area contributed by atoms with Gasteiger partial charge in [0.15, 0.2) is 0 Å². The van der Waals surface area contributed by atoms with E-state index in [1.807, 2.05) is 18.2 Å². The maximum absolute atomic E-state index is 13.4. The average molecular weight is 230 g/mol. The smallest absolute Gasteiger partial charge is 0.126 e. The molecule has 0 amide bonds. The molecule has 88 valence electrons. The van der Waals surface area contributed by atoms with Crippen LogP contribution in [0.4, 0.5) is 4.39 Å². The van der Waals surface area contributed by atoms with Gasteiger partial charge in [0.05, 0.1) is 0 Å². The van der Waals surface area contributed by atoms with E-state index < -0.39 is 0 Å². The van der Waals surface area contributed by atoms with Crippen molar-refractivity contribution in [3.63, 3.8) is 0 Å². The van der Waals surface area contributed by atoms with Crippen LogP contribution in [-0.2, 0) is 12.8 Å². The van der Waals surface area contributed by atoms with Gasteiger partial charge in [0.2, 0.25) is 0 Å². The molecule has 1 aromatic heterocycles. The second-order valence-electron chi connectivity index (χ2n) is 4.12. The minimum absolute atomic E-state index is 0.0869. The van der Waals surface area contributed by atoms with Gasteiger partial charge >= 0.3 is 0 Å². The van der Waals surface area contributed by atoms with E-state index in [0.717, 1.165) is 5.56 Å². The Kier molecular flexibility index (Phi) is 3.83. The van der Waals surface area contributed by atoms with Crippen LogP contribution in [0.1, 0.15) is 11.1 Å². The van der Waals surface area contributed by atoms with Gasteiger partial charge in [-0.3, -0.25) is 4.98 Å². The third-order valence-corrected chi connectivity index (χ3v) is 2.66. The molecule has 2 aromatic rings. The predicted molar refractivity (Wildman–Crippen MR) is 66.0 cm³/mol. The van der Waals surface area contributed by atoms with E-state index in [4.69, 9.17) is 5.73 Å². The summed E-state index contributed by atoms with van der Waals surface area (Å²) in [5.74, 6) is -0.186. The second-order valence-corrected chi connectivity index (χ2v) is 4.12. The SMILES string of the molecule is NC(Cc1cccnc1)Cc1ccccc1F. The minimum atomic E-state index is -0.186. The Morgan fingerprint density at radius 1 is 1.12 bits per heavy atom. The van der Waals surface area contributed by atoms with Crippen molar-refractivity contribution < 1.29 is 4.39 Å². The van der Waals surface area contributed by atoms with Crippen molar-refractivity contribution in [2.45, 2.75) is 18.9 Å². The highest BCUT2D eigenvalue weighted by Crippen LogP contribution is 2.10.